The third-order valence-corrected chi connectivity index (χ3v) is 2.63. The third kappa shape index (κ3) is 2.11. The van der Waals surface area contributed by atoms with E-state index in [1.807, 2.05) is 37.3 Å². The average Bonchev–Trinajstić information content (AvgIpc) is 2.39. The molecule has 3 heteroatoms. The number of rotatable bonds is 2. The largest absolute Gasteiger partial charge is 0.481 e. The Morgan fingerprint density at radius 1 is 1.29 bits per heavy atom. The molecule has 0 fully saturated rings. The predicted molar refractivity (Wildman–Crippen MR) is 65.7 cm³/mol. The van der Waals surface area contributed by atoms with Crippen LogP contribution in [0.1, 0.15) is 11.1 Å². The van der Waals surface area contributed by atoms with Gasteiger partial charge < -0.3 is 4.74 Å². The number of hydrogen-bond acceptors (Lipinski definition) is 3. The van der Waals surface area contributed by atoms with Gasteiger partial charge in [-0.05, 0) is 36.2 Å². The van der Waals surface area contributed by atoms with Gasteiger partial charge in [-0.15, -0.1) is 0 Å². The molecule has 1 aromatic heterocycles. The molecule has 0 bridgehead atoms. The van der Waals surface area contributed by atoms with Crippen LogP contribution in [0.2, 0.25) is 0 Å². The zero-order chi connectivity index (χ0) is 12.3. The number of pyridine rings is 1. The molecule has 2 rings (SSSR count). The van der Waals surface area contributed by atoms with E-state index in [0.29, 0.717) is 11.4 Å². The van der Waals surface area contributed by atoms with Crippen molar-refractivity contribution >= 4 is 0 Å². The molecule has 1 heterocycles. The molecular weight excluding hydrogens is 212 g/mol. The number of ether oxygens (including phenoxy) is 1. The van der Waals surface area contributed by atoms with Crippen LogP contribution in [0, 0.1) is 18.3 Å². The predicted octanol–water partition coefficient (Wildman–Crippen LogP) is 2.94. The fraction of sp³-hybridized carbons (Fsp3) is 0.143. The first-order valence-electron chi connectivity index (χ1n) is 5.26. The van der Waals surface area contributed by atoms with Gasteiger partial charge in [-0.25, -0.2) is 4.98 Å². The first kappa shape index (κ1) is 11.2. The molecule has 0 aliphatic heterocycles. The van der Waals surface area contributed by atoms with Crippen molar-refractivity contribution in [1.29, 1.82) is 5.26 Å². The smallest absolute Gasteiger partial charge is 0.221 e. The first-order chi connectivity index (χ1) is 8.26. The van der Waals surface area contributed by atoms with Gasteiger partial charge in [0, 0.05) is 11.8 Å². The summed E-state index contributed by atoms with van der Waals surface area (Å²) in [6, 6.07) is 11.7. The number of aromatic nitrogens is 1. The number of nitriles is 1. The maximum atomic E-state index is 9.02. The van der Waals surface area contributed by atoms with Gasteiger partial charge in [0.1, 0.15) is 0 Å². The van der Waals surface area contributed by atoms with Crippen molar-refractivity contribution in [3.8, 4) is 23.1 Å². The molecule has 0 aliphatic carbocycles. The van der Waals surface area contributed by atoms with E-state index in [1.54, 1.807) is 13.3 Å². The lowest BCUT2D eigenvalue weighted by Gasteiger charge is -2.08. The molecule has 17 heavy (non-hydrogen) atoms. The van der Waals surface area contributed by atoms with E-state index < -0.39 is 0 Å². The fourth-order valence-corrected chi connectivity index (χ4v) is 1.68. The van der Waals surface area contributed by atoms with Gasteiger partial charge in [-0.2, -0.15) is 5.26 Å². The normalized spacial score (nSPS) is 9.71. The number of hydrogen-bond donors (Lipinski definition) is 0. The van der Waals surface area contributed by atoms with Crippen LogP contribution in [0.5, 0.6) is 5.88 Å². The zero-order valence-corrected chi connectivity index (χ0v) is 9.77. The molecule has 0 saturated heterocycles. The Morgan fingerprint density at radius 2 is 2.12 bits per heavy atom. The molecule has 0 unspecified atom stereocenters. The molecular formula is C14H12N2O. The van der Waals surface area contributed by atoms with Gasteiger partial charge in [0.15, 0.2) is 0 Å². The molecule has 2 aromatic rings. The minimum Gasteiger partial charge on any atom is -0.481 e. The van der Waals surface area contributed by atoms with Crippen molar-refractivity contribution in [2.75, 3.05) is 7.11 Å². The summed E-state index contributed by atoms with van der Waals surface area (Å²) < 4.78 is 5.21. The van der Waals surface area contributed by atoms with E-state index in [2.05, 4.69) is 11.1 Å². The summed E-state index contributed by atoms with van der Waals surface area (Å²) in [6.07, 6.45) is 1.68. The summed E-state index contributed by atoms with van der Waals surface area (Å²) >= 11 is 0. The second-order valence-electron chi connectivity index (χ2n) is 3.70. The second kappa shape index (κ2) is 4.67. The molecule has 0 radical (unpaired) electrons. The van der Waals surface area contributed by atoms with Gasteiger partial charge >= 0.3 is 0 Å². The Hall–Kier alpha value is -2.34. The summed E-state index contributed by atoms with van der Waals surface area (Å²) in [5.41, 5.74) is 3.48. The number of aryl methyl sites for hydroxylation is 1. The summed E-state index contributed by atoms with van der Waals surface area (Å²) in [5, 5.41) is 9.02. The molecule has 0 N–H and O–H groups in total. The number of nitrogens with zero attached hydrogens (tertiary/aromatic N) is 2. The van der Waals surface area contributed by atoms with Crippen LogP contribution < -0.4 is 4.74 Å². The zero-order valence-electron chi connectivity index (χ0n) is 9.77. The van der Waals surface area contributed by atoms with Gasteiger partial charge in [-0.3, -0.25) is 0 Å². The van der Waals surface area contributed by atoms with Crippen LogP contribution in [0.25, 0.3) is 11.1 Å². The van der Waals surface area contributed by atoms with E-state index in [-0.39, 0.29) is 0 Å². The second-order valence-corrected chi connectivity index (χ2v) is 3.70. The van der Waals surface area contributed by atoms with Crippen LogP contribution in [0.4, 0.5) is 0 Å². The molecule has 0 amide bonds. The molecule has 3 nitrogen and oxygen atoms in total. The third-order valence-electron chi connectivity index (χ3n) is 2.63. The van der Waals surface area contributed by atoms with Crippen LogP contribution in [0.3, 0.4) is 0 Å². The highest BCUT2D eigenvalue weighted by atomic mass is 16.5. The lowest BCUT2D eigenvalue weighted by Crippen LogP contribution is -1.91. The van der Waals surface area contributed by atoms with E-state index >= 15 is 0 Å². The van der Waals surface area contributed by atoms with Crippen molar-refractivity contribution in [2.45, 2.75) is 6.92 Å². The lowest BCUT2D eigenvalue weighted by atomic mass is 10.0. The fourth-order valence-electron chi connectivity index (χ4n) is 1.68. The molecule has 0 aliphatic rings. The van der Waals surface area contributed by atoms with Gasteiger partial charge in [0.05, 0.1) is 18.7 Å². The first-order valence-corrected chi connectivity index (χ1v) is 5.26. The highest BCUT2D eigenvalue weighted by molar-refractivity contribution is 5.70. The molecule has 1 aromatic carbocycles. The van der Waals surface area contributed by atoms with Crippen LogP contribution in [0.15, 0.2) is 36.5 Å². The van der Waals surface area contributed by atoms with Crippen LogP contribution in [-0.4, -0.2) is 12.1 Å². The van der Waals surface area contributed by atoms with Crippen LogP contribution >= 0.6 is 0 Å². The van der Waals surface area contributed by atoms with E-state index in [1.165, 1.54) is 0 Å². The number of methoxy groups -OCH3 is 1. The van der Waals surface area contributed by atoms with Crippen molar-refractivity contribution in [2.24, 2.45) is 0 Å². The topological polar surface area (TPSA) is 45.9 Å². The molecule has 0 atom stereocenters. The van der Waals surface area contributed by atoms with E-state index in [9.17, 15) is 0 Å². The standard InChI is InChI=1S/C14H12N2O/c1-10-5-6-11(8-12(10)9-15)13-4-3-7-16-14(13)17-2/h3-8H,1-2H3. The Labute approximate surface area is 100 Å². The minimum absolute atomic E-state index is 0.570. The summed E-state index contributed by atoms with van der Waals surface area (Å²) in [6.45, 7) is 1.92. The molecule has 84 valence electrons. The van der Waals surface area contributed by atoms with Crippen molar-refractivity contribution < 1.29 is 4.74 Å². The molecule has 0 spiro atoms. The maximum Gasteiger partial charge on any atom is 0.221 e. The maximum absolute atomic E-state index is 9.02. The van der Waals surface area contributed by atoms with Crippen molar-refractivity contribution in [3.63, 3.8) is 0 Å². The average molecular weight is 224 g/mol. The van der Waals surface area contributed by atoms with E-state index in [4.69, 9.17) is 10.00 Å². The van der Waals surface area contributed by atoms with Crippen LogP contribution in [-0.2, 0) is 0 Å². The summed E-state index contributed by atoms with van der Waals surface area (Å²) in [4.78, 5) is 4.15. The van der Waals surface area contributed by atoms with Gasteiger partial charge in [0.25, 0.3) is 0 Å². The quantitative estimate of drug-likeness (QED) is 0.787. The summed E-state index contributed by atoms with van der Waals surface area (Å²) in [7, 11) is 1.59. The summed E-state index contributed by atoms with van der Waals surface area (Å²) in [5.74, 6) is 0.570. The Kier molecular flexibility index (Phi) is 3.06. The van der Waals surface area contributed by atoms with Crippen molar-refractivity contribution in [3.05, 3.63) is 47.7 Å². The Balaban J connectivity index is 2.58. The van der Waals surface area contributed by atoms with E-state index in [0.717, 1.165) is 16.7 Å². The Morgan fingerprint density at radius 3 is 2.82 bits per heavy atom. The monoisotopic (exact) mass is 224 g/mol. The highest BCUT2D eigenvalue weighted by Crippen LogP contribution is 2.28. The van der Waals surface area contributed by atoms with Crippen molar-refractivity contribution in [1.82, 2.24) is 4.98 Å². The molecule has 0 saturated carbocycles. The highest BCUT2D eigenvalue weighted by Gasteiger charge is 2.07. The lowest BCUT2D eigenvalue weighted by molar-refractivity contribution is 0.399. The van der Waals surface area contributed by atoms with Gasteiger partial charge in [0.2, 0.25) is 5.88 Å². The number of benzene rings is 1. The minimum atomic E-state index is 0.570. The van der Waals surface area contributed by atoms with Gasteiger partial charge in [-0.1, -0.05) is 12.1 Å². The SMILES string of the molecule is COc1ncccc1-c1ccc(C)c(C#N)c1. The Bertz CT molecular complexity index is 585.